The molecule has 0 saturated carbocycles. The summed E-state index contributed by atoms with van der Waals surface area (Å²) in [6, 6.07) is 75.1. The molecule has 58 heavy (non-hydrogen) atoms. The van der Waals surface area contributed by atoms with Crippen LogP contribution in [0, 0.1) is 0 Å². The number of rotatable bonds is 5. The monoisotopic (exact) mass is 757 g/mol. The fraction of sp³-hybridized carbons (Fsp3) is 0.0182. The van der Waals surface area contributed by atoms with Gasteiger partial charge in [-0.2, -0.15) is 0 Å². The van der Waals surface area contributed by atoms with Gasteiger partial charge >= 0.3 is 0 Å². The van der Waals surface area contributed by atoms with Gasteiger partial charge in [0.05, 0.1) is 5.41 Å². The molecule has 0 amide bonds. The molecule has 1 aliphatic heterocycles. The Hall–Kier alpha value is -7.07. The first-order valence-corrected chi connectivity index (χ1v) is 20.6. The van der Waals surface area contributed by atoms with E-state index in [1.165, 1.54) is 65.4 Å². The minimum absolute atomic E-state index is 0.421. The zero-order valence-electron chi connectivity index (χ0n) is 31.4. The Labute approximate surface area is 341 Å². The summed E-state index contributed by atoms with van der Waals surface area (Å²) in [5.41, 5.74) is 18.6. The molecule has 0 bridgehead atoms. The maximum Gasteiger partial charge on any atom is 0.135 e. The van der Waals surface area contributed by atoms with Gasteiger partial charge in [-0.1, -0.05) is 163 Å². The van der Waals surface area contributed by atoms with Gasteiger partial charge in [0.1, 0.15) is 11.2 Å². The predicted octanol–water partition coefficient (Wildman–Crippen LogP) is 15.2. The molecule has 2 heterocycles. The van der Waals surface area contributed by atoms with Crippen LogP contribution in [0.5, 0.6) is 0 Å². The Morgan fingerprint density at radius 2 is 0.966 bits per heavy atom. The van der Waals surface area contributed by atoms with Gasteiger partial charge < -0.3 is 9.73 Å². The molecule has 0 unspecified atom stereocenters. The molecular weight excluding hydrogens is 723 g/mol. The fourth-order valence-electron chi connectivity index (χ4n) is 9.58. The van der Waals surface area contributed by atoms with Gasteiger partial charge in [0, 0.05) is 31.9 Å². The van der Waals surface area contributed by atoms with E-state index in [1.54, 1.807) is 0 Å². The van der Waals surface area contributed by atoms with Crippen LogP contribution in [0.4, 0.5) is 11.4 Å². The second-order valence-electron chi connectivity index (χ2n) is 15.3. The Morgan fingerprint density at radius 3 is 1.78 bits per heavy atom. The normalized spacial score (nSPS) is 13.2. The van der Waals surface area contributed by atoms with E-state index in [0.29, 0.717) is 0 Å². The highest BCUT2D eigenvalue weighted by molar-refractivity contribution is 7.99. The molecule has 2 aliphatic rings. The topological polar surface area (TPSA) is 25.2 Å². The third-order valence-electron chi connectivity index (χ3n) is 12.1. The minimum Gasteiger partial charge on any atom is -0.456 e. The summed E-state index contributed by atoms with van der Waals surface area (Å²) < 4.78 is 6.10. The van der Waals surface area contributed by atoms with Crippen molar-refractivity contribution in [2.45, 2.75) is 15.2 Å². The van der Waals surface area contributed by atoms with Crippen molar-refractivity contribution >= 4 is 45.1 Å². The molecule has 272 valence electrons. The molecule has 0 fully saturated rings. The first kappa shape index (κ1) is 33.1. The van der Waals surface area contributed by atoms with Crippen LogP contribution < -0.4 is 5.32 Å². The highest BCUT2D eigenvalue weighted by Gasteiger charge is 2.50. The molecule has 0 saturated heterocycles. The Balaban J connectivity index is 0.982. The second kappa shape index (κ2) is 13.0. The van der Waals surface area contributed by atoms with Crippen LogP contribution >= 0.6 is 11.8 Å². The Bertz CT molecular complexity index is 3190. The van der Waals surface area contributed by atoms with Crippen LogP contribution in [-0.4, -0.2) is 0 Å². The minimum atomic E-state index is -0.421. The maximum absolute atomic E-state index is 6.10. The van der Waals surface area contributed by atoms with Crippen molar-refractivity contribution in [2.75, 3.05) is 5.32 Å². The van der Waals surface area contributed by atoms with Gasteiger partial charge in [-0.15, -0.1) is 0 Å². The fourth-order valence-corrected chi connectivity index (χ4v) is 10.9. The van der Waals surface area contributed by atoms with Crippen molar-refractivity contribution in [1.82, 2.24) is 0 Å². The number of hydrogen-bond acceptors (Lipinski definition) is 3. The Morgan fingerprint density at radius 1 is 0.362 bits per heavy atom. The van der Waals surface area contributed by atoms with E-state index >= 15 is 0 Å². The molecule has 1 N–H and O–H groups in total. The molecular formula is C55H35NOS. The van der Waals surface area contributed by atoms with Crippen molar-refractivity contribution in [1.29, 1.82) is 0 Å². The van der Waals surface area contributed by atoms with E-state index < -0.39 is 5.41 Å². The molecule has 3 heteroatoms. The van der Waals surface area contributed by atoms with Crippen LogP contribution in [0.2, 0.25) is 0 Å². The number of para-hydroxylation sites is 1. The summed E-state index contributed by atoms with van der Waals surface area (Å²) in [7, 11) is 0. The molecule has 1 spiro atoms. The average Bonchev–Trinajstić information content (AvgIpc) is 3.80. The van der Waals surface area contributed by atoms with Gasteiger partial charge in [0.15, 0.2) is 0 Å². The highest BCUT2D eigenvalue weighted by Crippen LogP contribution is 2.63. The molecule has 0 atom stereocenters. The quantitative estimate of drug-likeness (QED) is 0.189. The number of furan rings is 1. The highest BCUT2D eigenvalue weighted by atomic mass is 32.2. The lowest BCUT2D eigenvalue weighted by Gasteiger charge is -2.40. The smallest absolute Gasteiger partial charge is 0.135 e. The molecule has 12 rings (SSSR count). The SMILES string of the molecule is c1ccc(-c2cc(Nc3ccc(-c4ccc5oc6ccccc6c5c4)cc3)cc(-c3cccc4c3Sc3ccccc3C43c4ccccc4-c4ccccc43)c2)cc1. The van der Waals surface area contributed by atoms with Crippen molar-refractivity contribution in [3.05, 3.63) is 229 Å². The molecule has 1 aromatic heterocycles. The van der Waals surface area contributed by atoms with Crippen molar-refractivity contribution < 1.29 is 4.42 Å². The third kappa shape index (κ3) is 5.00. The lowest BCUT2D eigenvalue weighted by atomic mass is 9.67. The third-order valence-corrected chi connectivity index (χ3v) is 13.3. The van der Waals surface area contributed by atoms with Crippen LogP contribution in [-0.2, 0) is 5.41 Å². The van der Waals surface area contributed by atoms with Crippen molar-refractivity contribution in [2.24, 2.45) is 0 Å². The molecule has 9 aromatic carbocycles. The van der Waals surface area contributed by atoms with Crippen LogP contribution in [0.15, 0.2) is 220 Å². The summed E-state index contributed by atoms with van der Waals surface area (Å²) in [5, 5.41) is 6.08. The summed E-state index contributed by atoms with van der Waals surface area (Å²) in [6.45, 7) is 0. The molecule has 0 radical (unpaired) electrons. The van der Waals surface area contributed by atoms with Gasteiger partial charge in [0.2, 0.25) is 0 Å². The molecule has 10 aromatic rings. The second-order valence-corrected chi connectivity index (χ2v) is 16.4. The zero-order valence-corrected chi connectivity index (χ0v) is 32.3. The van der Waals surface area contributed by atoms with E-state index in [0.717, 1.165) is 44.4 Å². The van der Waals surface area contributed by atoms with Crippen LogP contribution in [0.3, 0.4) is 0 Å². The predicted molar refractivity (Wildman–Crippen MR) is 241 cm³/mol. The number of hydrogen-bond donors (Lipinski definition) is 1. The zero-order chi connectivity index (χ0) is 38.2. The lowest BCUT2D eigenvalue weighted by Crippen LogP contribution is -2.32. The van der Waals surface area contributed by atoms with Gasteiger partial charge in [-0.25, -0.2) is 0 Å². The van der Waals surface area contributed by atoms with E-state index in [9.17, 15) is 0 Å². The average molecular weight is 758 g/mol. The lowest BCUT2D eigenvalue weighted by molar-refractivity contribution is 0.669. The van der Waals surface area contributed by atoms with Gasteiger partial charge in [-0.05, 0) is 121 Å². The van der Waals surface area contributed by atoms with E-state index in [4.69, 9.17) is 4.42 Å². The largest absolute Gasteiger partial charge is 0.456 e. The number of nitrogens with one attached hydrogen (secondary N) is 1. The maximum atomic E-state index is 6.10. The van der Waals surface area contributed by atoms with E-state index in [-0.39, 0.29) is 0 Å². The first-order valence-electron chi connectivity index (χ1n) is 19.8. The van der Waals surface area contributed by atoms with E-state index in [2.05, 4.69) is 199 Å². The van der Waals surface area contributed by atoms with Crippen molar-refractivity contribution in [3.8, 4) is 44.5 Å². The summed E-state index contributed by atoms with van der Waals surface area (Å²) in [6.07, 6.45) is 0. The summed E-state index contributed by atoms with van der Waals surface area (Å²) >= 11 is 1.90. The number of benzene rings is 9. The number of fused-ring (bicyclic) bond motifs is 12. The Kier molecular flexibility index (Phi) is 7.41. The van der Waals surface area contributed by atoms with E-state index in [1.807, 2.05) is 23.9 Å². The van der Waals surface area contributed by atoms with Crippen molar-refractivity contribution in [3.63, 3.8) is 0 Å². The van der Waals surface area contributed by atoms with Crippen LogP contribution in [0.1, 0.15) is 22.3 Å². The first-order chi connectivity index (χ1) is 28.7. The summed E-state index contributed by atoms with van der Waals surface area (Å²) in [4.78, 5) is 2.60. The van der Waals surface area contributed by atoms with Crippen LogP contribution in [0.25, 0.3) is 66.4 Å². The van der Waals surface area contributed by atoms with Gasteiger partial charge in [-0.3, -0.25) is 0 Å². The number of anilines is 2. The van der Waals surface area contributed by atoms with Gasteiger partial charge in [0.25, 0.3) is 0 Å². The standard InChI is InChI=1S/C55H35NOS/c1-2-13-35(14-3-1)38-31-39(33-41(32-38)56-40-28-25-36(26-29-40)37-27-30-52-46(34-37)45-17-6-10-23-51(45)57-52)42-18-12-22-50-54(42)58-53-24-11-9-21-49(53)55(50)47-19-7-4-15-43(47)44-16-5-8-20-48(44)55/h1-34,56H. The molecule has 2 nitrogen and oxygen atoms in total. The summed E-state index contributed by atoms with van der Waals surface area (Å²) in [5.74, 6) is 0. The molecule has 1 aliphatic carbocycles.